The second kappa shape index (κ2) is 9.79. The monoisotopic (exact) mass is 500 g/mol. The van der Waals surface area contributed by atoms with Gasteiger partial charge in [-0.05, 0) is 17.7 Å². The number of nitrogens with one attached hydrogen (secondary N) is 2. The maximum absolute atomic E-state index is 13.4. The first-order chi connectivity index (χ1) is 17.4. The topological polar surface area (TPSA) is 102 Å². The summed E-state index contributed by atoms with van der Waals surface area (Å²) in [7, 11) is 0. The van der Waals surface area contributed by atoms with Crippen LogP contribution in [0.15, 0.2) is 78.3 Å². The number of nitrogens with zero attached hydrogens (tertiary/aromatic N) is 2. The molecular weight excluding hydrogens is 476 g/mol. The van der Waals surface area contributed by atoms with E-state index in [2.05, 4.69) is 20.8 Å². The van der Waals surface area contributed by atoms with Crippen molar-refractivity contribution >= 4 is 34.2 Å². The maximum Gasteiger partial charge on any atom is 0.411 e. The Balaban J connectivity index is 1.40. The minimum Gasteiger partial charge on any atom is -0.457 e. The molecule has 4 aromatic rings. The Morgan fingerprint density at radius 1 is 0.972 bits per heavy atom. The van der Waals surface area contributed by atoms with Crippen molar-refractivity contribution in [3.05, 3.63) is 95.0 Å². The molecule has 182 valence electrons. The highest BCUT2D eigenvalue weighted by molar-refractivity contribution is 7.13. The highest BCUT2D eigenvalue weighted by Crippen LogP contribution is 2.52. The van der Waals surface area contributed by atoms with Gasteiger partial charge in [0.25, 0.3) is 0 Å². The third kappa shape index (κ3) is 4.78. The predicted octanol–water partition coefficient (Wildman–Crippen LogP) is 6.19. The molecule has 1 aromatic heterocycles. The Hall–Kier alpha value is -4.24. The van der Waals surface area contributed by atoms with Crippen molar-refractivity contribution in [3.63, 3.8) is 0 Å². The average Bonchev–Trinajstić information content (AvgIpc) is 3.39. The molecule has 2 N–H and O–H groups in total. The molecule has 0 radical (unpaired) electrons. The molecule has 2 heterocycles. The van der Waals surface area contributed by atoms with Gasteiger partial charge in [0.1, 0.15) is 23.6 Å². The number of hydrogen-bond donors (Lipinski definition) is 2. The molecule has 0 fully saturated rings. The minimum atomic E-state index is -0.857. The fourth-order valence-electron chi connectivity index (χ4n) is 4.31. The van der Waals surface area contributed by atoms with E-state index in [9.17, 15) is 9.59 Å². The Morgan fingerprint density at radius 2 is 1.72 bits per heavy atom. The molecule has 1 aliphatic heterocycles. The molecule has 0 saturated heterocycles. The molecule has 9 heteroatoms. The number of carbonyl (C=O) groups excluding carboxylic acids is 2. The number of amides is 2. The Labute approximate surface area is 212 Å². The van der Waals surface area contributed by atoms with Gasteiger partial charge in [-0.2, -0.15) is 0 Å². The molecule has 0 saturated carbocycles. The lowest BCUT2D eigenvalue weighted by atomic mass is 9.69. The number of hydrogen-bond acceptors (Lipinski definition) is 7. The van der Waals surface area contributed by atoms with E-state index in [1.54, 1.807) is 17.6 Å². The van der Waals surface area contributed by atoms with Crippen LogP contribution in [-0.4, -0.2) is 22.2 Å². The van der Waals surface area contributed by atoms with Crippen molar-refractivity contribution in [2.45, 2.75) is 26.4 Å². The predicted molar refractivity (Wildman–Crippen MR) is 137 cm³/mol. The first kappa shape index (κ1) is 23.5. The fraction of sp³-hybridized carbons (Fsp3) is 0.185. The highest BCUT2D eigenvalue weighted by Gasteiger charge is 2.43. The van der Waals surface area contributed by atoms with Gasteiger partial charge in [0.05, 0.1) is 5.41 Å². The van der Waals surface area contributed by atoms with Crippen molar-refractivity contribution in [2.75, 3.05) is 10.6 Å². The van der Waals surface area contributed by atoms with Crippen LogP contribution in [0.3, 0.4) is 0 Å². The molecule has 0 spiro atoms. The van der Waals surface area contributed by atoms with E-state index in [4.69, 9.17) is 9.47 Å². The summed E-state index contributed by atoms with van der Waals surface area (Å²) in [4.78, 5) is 25.7. The molecule has 8 nitrogen and oxygen atoms in total. The molecule has 0 aliphatic carbocycles. The van der Waals surface area contributed by atoms with Gasteiger partial charge in [-0.15, -0.1) is 10.2 Å². The second-order valence-electron chi connectivity index (χ2n) is 8.93. The lowest BCUT2D eigenvalue weighted by molar-refractivity contribution is -0.124. The van der Waals surface area contributed by atoms with Crippen LogP contribution in [0.2, 0.25) is 0 Å². The van der Waals surface area contributed by atoms with Crippen LogP contribution in [0.1, 0.15) is 36.5 Å². The number of rotatable bonds is 6. The maximum atomic E-state index is 13.4. The summed E-state index contributed by atoms with van der Waals surface area (Å²) in [5.41, 5.74) is 3.89. The van der Waals surface area contributed by atoms with E-state index in [-0.39, 0.29) is 18.4 Å². The Morgan fingerprint density at radius 3 is 2.50 bits per heavy atom. The van der Waals surface area contributed by atoms with Crippen LogP contribution in [0.5, 0.6) is 11.5 Å². The van der Waals surface area contributed by atoms with Crippen molar-refractivity contribution < 1.29 is 19.1 Å². The van der Waals surface area contributed by atoms with Gasteiger partial charge in [-0.3, -0.25) is 10.1 Å². The summed E-state index contributed by atoms with van der Waals surface area (Å²) in [5, 5.41) is 13.8. The van der Waals surface area contributed by atoms with E-state index in [0.29, 0.717) is 22.3 Å². The second-order valence-corrected chi connectivity index (χ2v) is 9.77. The molecule has 0 bridgehead atoms. The van der Waals surface area contributed by atoms with E-state index < -0.39 is 11.5 Å². The van der Waals surface area contributed by atoms with Gasteiger partial charge < -0.3 is 14.8 Å². The van der Waals surface area contributed by atoms with Crippen molar-refractivity contribution in [1.82, 2.24) is 10.2 Å². The van der Waals surface area contributed by atoms with Gasteiger partial charge in [-0.25, -0.2) is 4.79 Å². The van der Waals surface area contributed by atoms with E-state index in [1.165, 1.54) is 11.3 Å². The molecule has 3 aromatic carbocycles. The molecule has 1 unspecified atom stereocenters. The van der Waals surface area contributed by atoms with Crippen LogP contribution in [0.25, 0.3) is 0 Å². The quantitative estimate of drug-likeness (QED) is 0.327. The summed E-state index contributed by atoms with van der Waals surface area (Å²) < 4.78 is 11.5. The van der Waals surface area contributed by atoms with Gasteiger partial charge in [0.2, 0.25) is 11.0 Å². The number of anilines is 2. The van der Waals surface area contributed by atoms with Crippen molar-refractivity contribution in [2.24, 2.45) is 5.41 Å². The van der Waals surface area contributed by atoms with Crippen LogP contribution in [0, 0.1) is 5.41 Å². The Bertz CT molecular complexity index is 1390. The van der Waals surface area contributed by atoms with Crippen LogP contribution in [-0.2, 0) is 16.1 Å². The summed E-state index contributed by atoms with van der Waals surface area (Å²) >= 11 is 1.26. The number of para-hydroxylation sites is 1. The largest absolute Gasteiger partial charge is 0.457 e. The lowest BCUT2D eigenvalue weighted by Crippen LogP contribution is -2.38. The number of ether oxygens (including phenoxy) is 2. The van der Waals surface area contributed by atoms with Crippen molar-refractivity contribution in [3.8, 4) is 11.5 Å². The normalized spacial score (nSPS) is 14.1. The smallest absolute Gasteiger partial charge is 0.411 e. The van der Waals surface area contributed by atoms with E-state index in [1.807, 2.05) is 74.5 Å². The fourth-order valence-corrected chi connectivity index (χ4v) is 4.75. The number of carbonyl (C=O) groups is 2. The van der Waals surface area contributed by atoms with Crippen LogP contribution in [0.4, 0.5) is 15.6 Å². The first-order valence-electron chi connectivity index (χ1n) is 11.4. The summed E-state index contributed by atoms with van der Waals surface area (Å²) in [6, 6.07) is 22.5. The molecular formula is C27H24N4O4S. The summed E-state index contributed by atoms with van der Waals surface area (Å²) in [5.74, 6) is 0.745. The Kier molecular flexibility index (Phi) is 6.39. The lowest BCUT2D eigenvalue weighted by Gasteiger charge is -2.38. The minimum absolute atomic E-state index is 0.168. The molecule has 36 heavy (non-hydrogen) atoms. The molecule has 1 atom stereocenters. The zero-order valence-electron chi connectivity index (χ0n) is 19.7. The number of fused-ring (bicyclic) bond motifs is 2. The first-order valence-corrected chi connectivity index (χ1v) is 12.3. The molecule has 2 amide bonds. The van der Waals surface area contributed by atoms with Crippen molar-refractivity contribution in [1.29, 1.82) is 0 Å². The third-order valence-electron chi connectivity index (χ3n) is 6.12. The van der Waals surface area contributed by atoms with Crippen LogP contribution < -0.4 is 15.4 Å². The van der Waals surface area contributed by atoms with Gasteiger partial charge in [0, 0.05) is 28.8 Å². The summed E-state index contributed by atoms with van der Waals surface area (Å²) in [6.45, 7) is 3.96. The summed E-state index contributed by atoms with van der Waals surface area (Å²) in [6.07, 6.45) is -0.566. The number of benzene rings is 3. The van der Waals surface area contributed by atoms with Gasteiger partial charge in [0.15, 0.2) is 0 Å². The SMILES string of the molecule is CC(C)(C(=O)Nc1nncs1)C1c2ccccc2Oc2cc(NC(=O)OCc3ccccc3)ccc21. The van der Waals surface area contributed by atoms with Gasteiger partial charge >= 0.3 is 6.09 Å². The standard InChI is InChI=1S/C27H24N4O4S/c1-27(2,24(32)30-25-31-28-16-36-25)23-19-10-6-7-11-21(19)35-22-14-18(12-13-20(22)23)29-26(33)34-15-17-8-4-3-5-9-17/h3-14,16,23H,15H2,1-2H3,(H,29,33)(H,30,31,32). The van der Waals surface area contributed by atoms with E-state index in [0.717, 1.165) is 16.7 Å². The molecule has 1 aliphatic rings. The number of aromatic nitrogens is 2. The zero-order chi connectivity index (χ0) is 25.1. The molecule has 5 rings (SSSR count). The third-order valence-corrected chi connectivity index (χ3v) is 6.73. The van der Waals surface area contributed by atoms with Crippen LogP contribution >= 0.6 is 11.3 Å². The zero-order valence-corrected chi connectivity index (χ0v) is 20.5. The van der Waals surface area contributed by atoms with E-state index >= 15 is 0 Å². The van der Waals surface area contributed by atoms with Gasteiger partial charge in [-0.1, -0.05) is 79.8 Å². The average molecular weight is 501 g/mol. The highest BCUT2D eigenvalue weighted by atomic mass is 32.1.